The second-order valence-corrected chi connectivity index (χ2v) is 9.18. The highest BCUT2D eigenvalue weighted by atomic mass is 32.2. The molecule has 25 heavy (non-hydrogen) atoms. The van der Waals surface area contributed by atoms with Crippen LogP contribution in [0.1, 0.15) is 5.56 Å². The quantitative estimate of drug-likeness (QED) is 0.574. The molecule has 0 aromatic carbocycles. The summed E-state index contributed by atoms with van der Waals surface area (Å²) in [5.41, 5.74) is 1.04. The van der Waals surface area contributed by atoms with Gasteiger partial charge in [0.05, 0.1) is 4.92 Å². The van der Waals surface area contributed by atoms with Crippen LogP contribution in [0.3, 0.4) is 0 Å². The molecule has 1 aliphatic heterocycles. The zero-order valence-electron chi connectivity index (χ0n) is 13.7. The highest BCUT2D eigenvalue weighted by Crippen LogP contribution is 2.40. The highest BCUT2D eigenvalue weighted by Gasteiger charge is 2.29. The van der Waals surface area contributed by atoms with Crippen molar-refractivity contribution in [2.75, 3.05) is 37.3 Å². The summed E-state index contributed by atoms with van der Waals surface area (Å²) in [5.74, 6) is 0. The SMILES string of the molecule is CS(=O)(=O)c1cc([N+](=O)[O-])c(N2CCN(Cc3ccncc3)CC2)s1. The summed E-state index contributed by atoms with van der Waals surface area (Å²) < 4.78 is 23.5. The number of thiophene rings is 1. The Balaban J connectivity index is 1.72. The zero-order chi connectivity index (χ0) is 18.0. The van der Waals surface area contributed by atoms with E-state index in [2.05, 4.69) is 9.88 Å². The van der Waals surface area contributed by atoms with Crippen molar-refractivity contribution in [1.29, 1.82) is 0 Å². The van der Waals surface area contributed by atoms with Gasteiger partial charge in [0.1, 0.15) is 4.21 Å². The van der Waals surface area contributed by atoms with Gasteiger partial charge in [0.25, 0.3) is 0 Å². The fourth-order valence-corrected chi connectivity index (χ4v) is 4.82. The minimum Gasteiger partial charge on any atom is -0.355 e. The molecule has 3 heterocycles. The largest absolute Gasteiger partial charge is 0.355 e. The number of aromatic nitrogens is 1. The van der Waals surface area contributed by atoms with E-state index in [0.29, 0.717) is 18.1 Å². The Hall–Kier alpha value is -2.04. The lowest BCUT2D eigenvalue weighted by Gasteiger charge is -2.34. The monoisotopic (exact) mass is 382 g/mol. The molecule has 2 aromatic heterocycles. The predicted molar refractivity (Wildman–Crippen MR) is 95.8 cm³/mol. The lowest BCUT2D eigenvalue weighted by atomic mass is 10.2. The lowest BCUT2D eigenvalue weighted by Crippen LogP contribution is -2.45. The summed E-state index contributed by atoms with van der Waals surface area (Å²) in [4.78, 5) is 18.9. The van der Waals surface area contributed by atoms with E-state index in [1.54, 1.807) is 12.4 Å². The fraction of sp³-hybridized carbons (Fsp3) is 0.400. The van der Waals surface area contributed by atoms with E-state index < -0.39 is 14.8 Å². The van der Waals surface area contributed by atoms with E-state index in [0.717, 1.165) is 37.2 Å². The summed E-state index contributed by atoms with van der Waals surface area (Å²) in [7, 11) is -3.46. The molecule has 0 N–H and O–H groups in total. The summed E-state index contributed by atoms with van der Waals surface area (Å²) in [5, 5.41) is 11.7. The van der Waals surface area contributed by atoms with Crippen LogP contribution in [0.15, 0.2) is 34.8 Å². The number of sulfone groups is 1. The Labute approximate surface area is 149 Å². The van der Waals surface area contributed by atoms with Crippen LogP contribution in [-0.2, 0) is 16.4 Å². The third-order valence-electron chi connectivity index (χ3n) is 4.05. The molecular formula is C15H18N4O4S2. The second kappa shape index (κ2) is 7.06. The highest BCUT2D eigenvalue weighted by molar-refractivity contribution is 7.92. The van der Waals surface area contributed by atoms with Gasteiger partial charge in [0, 0.05) is 57.4 Å². The van der Waals surface area contributed by atoms with Gasteiger partial charge in [0.15, 0.2) is 14.8 Å². The maximum Gasteiger partial charge on any atom is 0.305 e. The number of rotatable bonds is 5. The Bertz CT molecular complexity index is 859. The smallest absolute Gasteiger partial charge is 0.305 e. The van der Waals surface area contributed by atoms with Gasteiger partial charge in [-0.1, -0.05) is 11.3 Å². The van der Waals surface area contributed by atoms with Crippen molar-refractivity contribution < 1.29 is 13.3 Å². The van der Waals surface area contributed by atoms with E-state index in [1.165, 1.54) is 11.6 Å². The molecule has 0 radical (unpaired) electrons. The number of nitro groups is 1. The van der Waals surface area contributed by atoms with E-state index in [1.807, 2.05) is 17.0 Å². The number of pyridine rings is 1. The molecule has 0 amide bonds. The molecule has 1 saturated heterocycles. The van der Waals surface area contributed by atoms with Gasteiger partial charge < -0.3 is 4.90 Å². The van der Waals surface area contributed by atoms with Gasteiger partial charge >= 0.3 is 5.69 Å². The van der Waals surface area contributed by atoms with Crippen LogP contribution in [0.2, 0.25) is 0 Å². The van der Waals surface area contributed by atoms with Gasteiger partial charge in [0.2, 0.25) is 0 Å². The van der Waals surface area contributed by atoms with Crippen LogP contribution in [0.25, 0.3) is 0 Å². The topological polar surface area (TPSA) is 96.6 Å². The first kappa shape index (κ1) is 17.8. The first-order valence-electron chi connectivity index (χ1n) is 7.69. The summed E-state index contributed by atoms with van der Waals surface area (Å²) in [6.45, 7) is 3.56. The van der Waals surface area contributed by atoms with Crippen LogP contribution in [0.5, 0.6) is 0 Å². The van der Waals surface area contributed by atoms with E-state index >= 15 is 0 Å². The molecule has 1 aliphatic rings. The van der Waals surface area contributed by atoms with Crippen molar-refractivity contribution >= 4 is 31.9 Å². The standard InChI is InChI=1S/C15H18N4O4S2/c1-25(22,23)14-10-13(19(20)21)15(24-14)18-8-6-17(7-9-18)11-12-2-4-16-5-3-12/h2-5,10H,6-9,11H2,1H3. The fourth-order valence-electron chi connectivity index (χ4n) is 2.75. The van der Waals surface area contributed by atoms with Gasteiger partial charge in [-0.3, -0.25) is 20.0 Å². The van der Waals surface area contributed by atoms with Crippen molar-refractivity contribution in [1.82, 2.24) is 9.88 Å². The number of hydrogen-bond donors (Lipinski definition) is 0. The van der Waals surface area contributed by atoms with Crippen LogP contribution >= 0.6 is 11.3 Å². The maximum absolute atomic E-state index is 11.7. The number of piperazine rings is 1. The van der Waals surface area contributed by atoms with Crippen LogP contribution in [0, 0.1) is 10.1 Å². The number of anilines is 1. The van der Waals surface area contributed by atoms with Crippen molar-refractivity contribution in [2.45, 2.75) is 10.8 Å². The van der Waals surface area contributed by atoms with Gasteiger partial charge in [-0.25, -0.2) is 8.42 Å². The molecule has 134 valence electrons. The van der Waals surface area contributed by atoms with Crippen molar-refractivity contribution in [3.8, 4) is 0 Å². The van der Waals surface area contributed by atoms with Gasteiger partial charge in [-0.2, -0.15) is 0 Å². The molecular weight excluding hydrogens is 364 g/mol. The third-order valence-corrected chi connectivity index (χ3v) is 7.03. The average molecular weight is 382 g/mol. The second-order valence-electron chi connectivity index (χ2n) is 5.90. The van der Waals surface area contributed by atoms with Crippen LogP contribution < -0.4 is 4.90 Å². The molecule has 0 bridgehead atoms. The first-order valence-corrected chi connectivity index (χ1v) is 10.4. The van der Waals surface area contributed by atoms with Crippen molar-refractivity contribution in [3.63, 3.8) is 0 Å². The summed E-state index contributed by atoms with van der Waals surface area (Å²) in [6, 6.07) is 5.10. The molecule has 0 spiro atoms. The molecule has 0 saturated carbocycles. The number of nitrogens with zero attached hydrogens (tertiary/aromatic N) is 4. The minimum absolute atomic E-state index is 0.0356. The molecule has 3 rings (SSSR count). The molecule has 1 fully saturated rings. The minimum atomic E-state index is -3.46. The van der Waals surface area contributed by atoms with E-state index in [4.69, 9.17) is 0 Å². The molecule has 2 aromatic rings. The van der Waals surface area contributed by atoms with Crippen LogP contribution in [0.4, 0.5) is 10.7 Å². The molecule has 8 nitrogen and oxygen atoms in total. The Morgan fingerprint density at radius 3 is 2.44 bits per heavy atom. The average Bonchev–Trinajstić information content (AvgIpc) is 3.02. The normalized spacial score (nSPS) is 16.1. The summed E-state index contributed by atoms with van der Waals surface area (Å²) in [6.07, 6.45) is 4.58. The van der Waals surface area contributed by atoms with Gasteiger partial charge in [-0.15, -0.1) is 0 Å². The first-order chi connectivity index (χ1) is 11.8. The maximum atomic E-state index is 11.7. The Morgan fingerprint density at radius 2 is 1.88 bits per heavy atom. The van der Waals surface area contributed by atoms with Crippen LogP contribution in [-0.4, -0.2) is 55.7 Å². The Morgan fingerprint density at radius 1 is 1.24 bits per heavy atom. The van der Waals surface area contributed by atoms with Crippen molar-refractivity contribution in [2.24, 2.45) is 0 Å². The van der Waals surface area contributed by atoms with Crippen molar-refractivity contribution in [3.05, 3.63) is 46.3 Å². The summed E-state index contributed by atoms with van der Waals surface area (Å²) >= 11 is 0.976. The Kier molecular flexibility index (Phi) is 5.02. The third kappa shape index (κ3) is 4.14. The number of hydrogen-bond acceptors (Lipinski definition) is 8. The van der Waals surface area contributed by atoms with Gasteiger partial charge in [-0.05, 0) is 17.7 Å². The van der Waals surface area contributed by atoms with E-state index in [-0.39, 0.29) is 9.90 Å². The lowest BCUT2D eigenvalue weighted by molar-refractivity contribution is -0.383. The molecule has 0 unspecified atom stereocenters. The predicted octanol–water partition coefficient (Wildman–Crippen LogP) is 1.78. The molecule has 0 aliphatic carbocycles. The van der Waals surface area contributed by atoms with E-state index in [9.17, 15) is 18.5 Å². The molecule has 0 atom stereocenters. The molecule has 10 heteroatoms. The zero-order valence-corrected chi connectivity index (χ0v) is 15.3.